The van der Waals surface area contributed by atoms with Crippen LogP contribution in [0, 0.1) is 6.92 Å². The van der Waals surface area contributed by atoms with Crippen LogP contribution in [0.1, 0.15) is 42.9 Å². The molecule has 2 N–H and O–H groups in total. The van der Waals surface area contributed by atoms with Crippen LogP contribution >= 0.6 is 0 Å². The van der Waals surface area contributed by atoms with Crippen molar-refractivity contribution in [2.45, 2.75) is 44.8 Å². The molecule has 0 spiro atoms. The van der Waals surface area contributed by atoms with Crippen molar-refractivity contribution in [1.82, 2.24) is 4.90 Å². The molecule has 0 aromatic heterocycles. The Labute approximate surface area is 189 Å². The van der Waals surface area contributed by atoms with Gasteiger partial charge in [-0.05, 0) is 54.5 Å². The number of amides is 1. The highest BCUT2D eigenvalue weighted by atomic mass is 16.5. The second-order valence-electron chi connectivity index (χ2n) is 8.12. The first kappa shape index (κ1) is 23.7. The van der Waals surface area contributed by atoms with Crippen molar-refractivity contribution in [1.29, 1.82) is 0 Å². The van der Waals surface area contributed by atoms with Crippen LogP contribution in [0.4, 0.5) is 0 Å². The van der Waals surface area contributed by atoms with Gasteiger partial charge in [0.15, 0.2) is 0 Å². The van der Waals surface area contributed by atoms with Crippen molar-refractivity contribution in [2.75, 3.05) is 19.8 Å². The van der Waals surface area contributed by atoms with Gasteiger partial charge in [0, 0.05) is 19.6 Å². The number of carbonyl (C=O) groups is 2. The van der Waals surface area contributed by atoms with Gasteiger partial charge in [-0.3, -0.25) is 4.79 Å². The number of carboxylic acids is 1. The van der Waals surface area contributed by atoms with Gasteiger partial charge in [-0.1, -0.05) is 54.6 Å². The van der Waals surface area contributed by atoms with E-state index in [1.165, 1.54) is 5.56 Å². The summed E-state index contributed by atoms with van der Waals surface area (Å²) in [4.78, 5) is 24.6. The molecule has 1 heterocycles. The Morgan fingerprint density at radius 3 is 2.81 bits per heavy atom. The minimum absolute atomic E-state index is 0.0309. The zero-order valence-electron chi connectivity index (χ0n) is 18.4. The molecule has 1 fully saturated rings. The number of carboxylic acid groups (broad SMARTS) is 1. The summed E-state index contributed by atoms with van der Waals surface area (Å²) < 4.78 is 5.04. The van der Waals surface area contributed by atoms with E-state index in [9.17, 15) is 14.7 Å². The molecule has 2 aromatic rings. The first-order valence-corrected chi connectivity index (χ1v) is 11.1. The smallest absolute Gasteiger partial charge is 0.329 e. The van der Waals surface area contributed by atoms with E-state index in [1.54, 1.807) is 6.08 Å². The Morgan fingerprint density at radius 2 is 2.03 bits per heavy atom. The van der Waals surface area contributed by atoms with Gasteiger partial charge < -0.3 is 19.8 Å². The highest BCUT2D eigenvalue weighted by Gasteiger charge is 2.28. The maximum Gasteiger partial charge on any atom is 0.329 e. The average Bonchev–Trinajstić information content (AvgIpc) is 3.14. The van der Waals surface area contributed by atoms with E-state index >= 15 is 0 Å². The summed E-state index contributed by atoms with van der Waals surface area (Å²) in [5.41, 5.74) is 4.21. The van der Waals surface area contributed by atoms with Crippen LogP contribution in [-0.2, 0) is 14.3 Å². The Balaban J connectivity index is 1.57. The molecule has 2 aromatic carbocycles. The molecule has 6 heteroatoms. The predicted molar refractivity (Wildman–Crippen MR) is 123 cm³/mol. The minimum Gasteiger partial charge on any atom is -0.480 e. The number of nitrogens with zero attached hydrogens (tertiary/aromatic N) is 1. The molecular formula is C26H31NO5. The first-order valence-electron chi connectivity index (χ1n) is 11.1. The van der Waals surface area contributed by atoms with Crippen molar-refractivity contribution < 1.29 is 24.5 Å². The van der Waals surface area contributed by atoms with Gasteiger partial charge in [-0.2, -0.15) is 0 Å². The third-order valence-electron chi connectivity index (χ3n) is 5.74. The van der Waals surface area contributed by atoms with Gasteiger partial charge in [0.25, 0.3) is 0 Å². The first-order chi connectivity index (χ1) is 15.5. The summed E-state index contributed by atoms with van der Waals surface area (Å²) in [6.45, 7) is 2.74. The molecule has 1 unspecified atom stereocenters. The second-order valence-corrected chi connectivity index (χ2v) is 8.12. The Kier molecular flexibility index (Phi) is 8.59. The van der Waals surface area contributed by atoms with E-state index < -0.39 is 12.1 Å². The molecule has 170 valence electrons. The molecular weight excluding hydrogens is 406 g/mol. The number of aliphatic hydroxyl groups is 1. The fraction of sp³-hybridized carbons (Fsp3) is 0.385. The summed E-state index contributed by atoms with van der Waals surface area (Å²) in [7, 11) is 0. The number of likely N-dealkylation sites (tertiary alicyclic amines) is 1. The maximum atomic E-state index is 12.3. The lowest BCUT2D eigenvalue weighted by atomic mass is 9.97. The van der Waals surface area contributed by atoms with Gasteiger partial charge in [0.2, 0.25) is 5.91 Å². The van der Waals surface area contributed by atoms with Crippen LogP contribution in [0.2, 0.25) is 0 Å². The lowest BCUT2D eigenvalue weighted by Crippen LogP contribution is -2.32. The summed E-state index contributed by atoms with van der Waals surface area (Å²) in [6.07, 6.45) is 5.63. The summed E-state index contributed by atoms with van der Waals surface area (Å²) in [6, 6.07) is 16.0. The number of unbranched alkanes of at least 4 members (excludes halogenated alkanes) is 1. The minimum atomic E-state index is -0.979. The summed E-state index contributed by atoms with van der Waals surface area (Å²) in [5, 5.41) is 19.3. The maximum absolute atomic E-state index is 12.3. The van der Waals surface area contributed by atoms with E-state index in [0.29, 0.717) is 26.0 Å². The highest BCUT2D eigenvalue weighted by Crippen LogP contribution is 2.27. The molecule has 0 radical (unpaired) electrons. The molecule has 1 aliphatic rings. The molecule has 6 nitrogen and oxygen atoms in total. The number of ether oxygens (including phenoxy) is 1. The highest BCUT2D eigenvalue weighted by molar-refractivity contribution is 5.79. The molecule has 0 saturated carbocycles. The zero-order chi connectivity index (χ0) is 22.9. The fourth-order valence-electron chi connectivity index (χ4n) is 4.02. The molecule has 3 rings (SSSR count). The largest absolute Gasteiger partial charge is 0.480 e. The molecule has 0 aliphatic carbocycles. The number of carbonyl (C=O) groups excluding carboxylic acids is 1. The van der Waals surface area contributed by atoms with Crippen LogP contribution in [0.3, 0.4) is 0 Å². The number of aryl methyl sites for hydroxylation is 1. The molecule has 1 amide bonds. The van der Waals surface area contributed by atoms with Gasteiger partial charge in [0.1, 0.15) is 6.61 Å². The van der Waals surface area contributed by atoms with E-state index in [0.717, 1.165) is 29.5 Å². The number of hydrogen-bond acceptors (Lipinski definition) is 4. The van der Waals surface area contributed by atoms with Crippen molar-refractivity contribution in [3.63, 3.8) is 0 Å². The van der Waals surface area contributed by atoms with Gasteiger partial charge in [-0.25, -0.2) is 4.79 Å². The van der Waals surface area contributed by atoms with Gasteiger partial charge in [-0.15, -0.1) is 0 Å². The van der Waals surface area contributed by atoms with E-state index in [4.69, 9.17) is 9.84 Å². The Bertz CT molecular complexity index is 955. The lowest BCUT2D eigenvalue weighted by Gasteiger charge is -2.22. The van der Waals surface area contributed by atoms with Crippen molar-refractivity contribution in [3.8, 4) is 11.1 Å². The van der Waals surface area contributed by atoms with E-state index in [1.807, 2.05) is 47.4 Å². The molecule has 1 aliphatic heterocycles. The van der Waals surface area contributed by atoms with Crippen molar-refractivity contribution in [3.05, 3.63) is 71.8 Å². The van der Waals surface area contributed by atoms with Crippen LogP contribution in [0.25, 0.3) is 11.1 Å². The van der Waals surface area contributed by atoms with E-state index in [2.05, 4.69) is 19.1 Å². The average molecular weight is 438 g/mol. The van der Waals surface area contributed by atoms with Gasteiger partial charge >= 0.3 is 5.97 Å². The number of aliphatic hydroxyl groups excluding tert-OH is 1. The van der Waals surface area contributed by atoms with Crippen LogP contribution in [0.5, 0.6) is 0 Å². The SMILES string of the molecule is Cc1ccccc1-c1cccc(C(O)C=C[C@H]2CCC(=O)N2CCCCOCC(=O)O)c1. The molecule has 2 atom stereocenters. The third kappa shape index (κ3) is 6.52. The van der Waals surface area contributed by atoms with Crippen LogP contribution in [-0.4, -0.2) is 52.8 Å². The Morgan fingerprint density at radius 1 is 1.22 bits per heavy atom. The fourth-order valence-corrected chi connectivity index (χ4v) is 4.02. The topological polar surface area (TPSA) is 87.1 Å². The molecule has 0 bridgehead atoms. The quantitative estimate of drug-likeness (QED) is 0.408. The number of benzene rings is 2. The second kappa shape index (κ2) is 11.6. The van der Waals surface area contributed by atoms with Crippen molar-refractivity contribution in [2.24, 2.45) is 0 Å². The predicted octanol–water partition coefficient (Wildman–Crippen LogP) is 4.12. The van der Waals surface area contributed by atoms with Gasteiger partial charge in [0.05, 0.1) is 12.1 Å². The molecule has 32 heavy (non-hydrogen) atoms. The lowest BCUT2D eigenvalue weighted by molar-refractivity contribution is -0.142. The number of aliphatic carboxylic acids is 1. The number of hydrogen-bond donors (Lipinski definition) is 2. The van der Waals surface area contributed by atoms with Crippen molar-refractivity contribution >= 4 is 11.9 Å². The zero-order valence-corrected chi connectivity index (χ0v) is 18.4. The number of rotatable bonds is 11. The van der Waals surface area contributed by atoms with Crippen LogP contribution in [0.15, 0.2) is 60.7 Å². The standard InChI is InChI=1S/C26H31NO5/c1-19-7-2-3-10-23(19)20-8-6-9-21(17-20)24(28)13-11-22-12-14-25(29)27(22)15-4-5-16-32-18-26(30)31/h2-3,6-11,13,17,22,24,28H,4-5,12,14-16,18H2,1H3,(H,30,31)/t22-,24?/m0/s1. The summed E-state index contributed by atoms with van der Waals surface area (Å²) >= 11 is 0. The Hall–Kier alpha value is -2.96. The van der Waals surface area contributed by atoms with E-state index in [-0.39, 0.29) is 18.6 Å². The van der Waals surface area contributed by atoms with Crippen LogP contribution < -0.4 is 0 Å². The third-order valence-corrected chi connectivity index (χ3v) is 5.74. The summed E-state index contributed by atoms with van der Waals surface area (Å²) in [5.74, 6) is -0.866. The molecule has 1 saturated heterocycles. The monoisotopic (exact) mass is 437 g/mol. The normalized spacial score (nSPS) is 17.2.